The van der Waals surface area contributed by atoms with Gasteiger partial charge in [0.05, 0.1) is 0 Å². The third-order valence-electron chi connectivity index (χ3n) is 4.98. The molecule has 7 nitrogen and oxygen atoms in total. The van der Waals surface area contributed by atoms with Crippen LogP contribution in [0.15, 0.2) is 60.7 Å². The Morgan fingerprint density at radius 2 is 1.59 bits per heavy atom. The van der Waals surface area contributed by atoms with E-state index >= 15 is 0 Å². The van der Waals surface area contributed by atoms with E-state index in [1.807, 2.05) is 75.6 Å². The normalized spacial score (nSPS) is 11.9. The van der Waals surface area contributed by atoms with E-state index < -0.39 is 30.1 Å². The van der Waals surface area contributed by atoms with E-state index in [0.29, 0.717) is 24.5 Å². The molecule has 2 aromatic rings. The Balaban J connectivity index is 1.94. The Bertz CT molecular complexity index is 916. The molecule has 0 aliphatic carbocycles. The molecule has 1 N–H and O–H groups in total. The van der Waals surface area contributed by atoms with Gasteiger partial charge in [-0.2, -0.15) is 11.8 Å². The Morgan fingerprint density at radius 3 is 2.18 bits per heavy atom. The summed E-state index contributed by atoms with van der Waals surface area (Å²) in [6.07, 6.45) is 2.30. The van der Waals surface area contributed by atoms with Gasteiger partial charge in [-0.15, -0.1) is 0 Å². The summed E-state index contributed by atoms with van der Waals surface area (Å²) in [6, 6.07) is 17.7. The van der Waals surface area contributed by atoms with Crippen molar-refractivity contribution in [1.29, 1.82) is 0 Å². The fraction of sp³-hybridized carbons (Fsp3) is 0.423. The molecule has 0 saturated heterocycles. The molecule has 1 atom stereocenters. The molecule has 2 amide bonds. The van der Waals surface area contributed by atoms with Crippen LogP contribution >= 0.6 is 11.8 Å². The van der Waals surface area contributed by atoms with Crippen LogP contribution in [0, 0.1) is 0 Å². The molecule has 0 fully saturated rings. The molecule has 34 heavy (non-hydrogen) atoms. The van der Waals surface area contributed by atoms with Crippen molar-refractivity contribution >= 4 is 29.5 Å². The number of rotatable bonds is 12. The third kappa shape index (κ3) is 9.47. The van der Waals surface area contributed by atoms with Crippen LogP contribution in [0.3, 0.4) is 0 Å². The highest BCUT2D eigenvalue weighted by Crippen LogP contribution is 2.18. The predicted octanol–water partition coefficient (Wildman–Crippen LogP) is 3.67. The Morgan fingerprint density at radius 1 is 0.971 bits per heavy atom. The lowest BCUT2D eigenvalue weighted by Crippen LogP contribution is -2.48. The Hall–Kier alpha value is -3.00. The van der Waals surface area contributed by atoms with Crippen LogP contribution in [0.2, 0.25) is 0 Å². The van der Waals surface area contributed by atoms with Gasteiger partial charge in [0.15, 0.2) is 13.2 Å². The molecule has 8 heteroatoms. The van der Waals surface area contributed by atoms with Gasteiger partial charge in [-0.3, -0.25) is 9.59 Å². The first kappa shape index (κ1) is 27.2. The highest BCUT2D eigenvalue weighted by atomic mass is 32.2. The average Bonchev–Trinajstić information content (AvgIpc) is 2.82. The number of para-hydroxylation sites is 1. The maximum Gasteiger partial charge on any atom is 0.329 e. The van der Waals surface area contributed by atoms with Gasteiger partial charge in [-0.1, -0.05) is 48.5 Å². The van der Waals surface area contributed by atoms with E-state index in [0.717, 1.165) is 5.56 Å². The quantitative estimate of drug-likeness (QED) is 0.461. The van der Waals surface area contributed by atoms with E-state index in [4.69, 9.17) is 9.47 Å². The molecule has 0 saturated carbocycles. The van der Waals surface area contributed by atoms with Crippen LogP contribution in [-0.2, 0) is 25.7 Å². The average molecular weight is 487 g/mol. The lowest BCUT2D eigenvalue weighted by molar-refractivity contribution is -0.156. The number of thioether (sulfide) groups is 1. The summed E-state index contributed by atoms with van der Waals surface area (Å²) in [6.45, 7) is 5.60. The SMILES string of the molecule is CSCC[C@@H](NC(=O)COc1ccccc1)C(=O)OCC(=O)N(Cc1ccccc1)C(C)(C)C. The topological polar surface area (TPSA) is 84.9 Å². The van der Waals surface area contributed by atoms with E-state index in [1.54, 1.807) is 28.8 Å². The first-order valence-electron chi connectivity index (χ1n) is 11.2. The Kier molecular flexibility index (Phi) is 10.9. The number of carbonyl (C=O) groups is 3. The number of ether oxygens (including phenoxy) is 2. The number of hydrogen-bond acceptors (Lipinski definition) is 6. The molecular weight excluding hydrogens is 452 g/mol. The van der Waals surface area contributed by atoms with E-state index in [1.165, 1.54) is 0 Å². The van der Waals surface area contributed by atoms with Gasteiger partial charge in [0, 0.05) is 12.1 Å². The number of benzene rings is 2. The minimum Gasteiger partial charge on any atom is -0.484 e. The summed E-state index contributed by atoms with van der Waals surface area (Å²) in [5, 5.41) is 2.67. The van der Waals surface area contributed by atoms with Crippen LogP contribution in [0.1, 0.15) is 32.8 Å². The second kappa shape index (κ2) is 13.6. The number of amides is 2. The number of esters is 1. The first-order chi connectivity index (χ1) is 16.2. The molecule has 0 radical (unpaired) electrons. The molecule has 0 bridgehead atoms. The van der Waals surface area contributed by atoms with Gasteiger partial charge in [0.2, 0.25) is 0 Å². The fourth-order valence-electron chi connectivity index (χ4n) is 3.16. The van der Waals surface area contributed by atoms with Crippen molar-refractivity contribution in [3.8, 4) is 5.75 Å². The molecule has 0 aromatic heterocycles. The molecule has 0 spiro atoms. The summed E-state index contributed by atoms with van der Waals surface area (Å²) in [4.78, 5) is 39.7. The Labute approximate surface area is 206 Å². The van der Waals surface area contributed by atoms with Gasteiger partial charge in [0.25, 0.3) is 11.8 Å². The van der Waals surface area contributed by atoms with E-state index in [9.17, 15) is 14.4 Å². The smallest absolute Gasteiger partial charge is 0.329 e. The van der Waals surface area contributed by atoms with Crippen molar-refractivity contribution in [3.05, 3.63) is 66.2 Å². The van der Waals surface area contributed by atoms with Crippen molar-refractivity contribution in [2.45, 2.75) is 45.3 Å². The zero-order valence-corrected chi connectivity index (χ0v) is 21.1. The number of nitrogens with one attached hydrogen (secondary N) is 1. The fourth-order valence-corrected chi connectivity index (χ4v) is 3.63. The minimum absolute atomic E-state index is 0.221. The lowest BCUT2D eigenvalue weighted by atomic mass is 10.0. The van der Waals surface area contributed by atoms with Gasteiger partial charge >= 0.3 is 5.97 Å². The van der Waals surface area contributed by atoms with Gasteiger partial charge in [-0.25, -0.2) is 4.79 Å². The largest absolute Gasteiger partial charge is 0.484 e. The third-order valence-corrected chi connectivity index (χ3v) is 5.62. The molecule has 0 heterocycles. The molecule has 0 aliphatic heterocycles. The van der Waals surface area contributed by atoms with Crippen molar-refractivity contribution in [1.82, 2.24) is 10.2 Å². The van der Waals surface area contributed by atoms with E-state index in [2.05, 4.69) is 5.32 Å². The summed E-state index contributed by atoms with van der Waals surface area (Å²) in [7, 11) is 0. The van der Waals surface area contributed by atoms with Gasteiger partial charge < -0.3 is 19.7 Å². The van der Waals surface area contributed by atoms with Crippen LogP contribution in [-0.4, -0.2) is 59.5 Å². The predicted molar refractivity (Wildman–Crippen MR) is 135 cm³/mol. The molecule has 0 unspecified atom stereocenters. The van der Waals surface area contributed by atoms with E-state index in [-0.39, 0.29) is 12.5 Å². The summed E-state index contributed by atoms with van der Waals surface area (Å²) in [5.41, 5.74) is 0.529. The van der Waals surface area contributed by atoms with Gasteiger partial charge in [-0.05, 0) is 56.9 Å². The zero-order chi connectivity index (χ0) is 25.0. The first-order valence-corrected chi connectivity index (χ1v) is 12.6. The molecular formula is C26H34N2O5S. The van der Waals surface area contributed by atoms with Crippen molar-refractivity contribution < 1.29 is 23.9 Å². The zero-order valence-electron chi connectivity index (χ0n) is 20.3. The number of carbonyl (C=O) groups excluding carboxylic acids is 3. The lowest BCUT2D eigenvalue weighted by Gasteiger charge is -2.35. The van der Waals surface area contributed by atoms with Gasteiger partial charge in [0.1, 0.15) is 11.8 Å². The van der Waals surface area contributed by atoms with Crippen LogP contribution < -0.4 is 10.1 Å². The number of hydrogen-bond donors (Lipinski definition) is 1. The molecule has 2 aromatic carbocycles. The van der Waals surface area contributed by atoms with Crippen molar-refractivity contribution in [3.63, 3.8) is 0 Å². The minimum atomic E-state index is -0.857. The van der Waals surface area contributed by atoms with Crippen molar-refractivity contribution in [2.24, 2.45) is 0 Å². The van der Waals surface area contributed by atoms with Crippen molar-refractivity contribution in [2.75, 3.05) is 25.2 Å². The summed E-state index contributed by atoms with van der Waals surface area (Å²) in [5.74, 6) is -0.155. The maximum atomic E-state index is 13.0. The summed E-state index contributed by atoms with van der Waals surface area (Å²) < 4.78 is 10.8. The number of nitrogens with zero attached hydrogens (tertiary/aromatic N) is 1. The second-order valence-electron chi connectivity index (χ2n) is 8.75. The van der Waals surface area contributed by atoms with Crippen LogP contribution in [0.4, 0.5) is 0 Å². The molecule has 2 rings (SSSR count). The summed E-state index contributed by atoms with van der Waals surface area (Å²) >= 11 is 1.55. The standard InChI is InChI=1S/C26H34N2O5S/c1-26(2,3)28(17-20-11-7-5-8-12-20)24(30)19-33-25(31)22(15-16-34-4)27-23(29)18-32-21-13-9-6-10-14-21/h5-14,22H,15-19H2,1-4H3,(H,27,29)/t22-/m1/s1. The van der Waals surface area contributed by atoms with Crippen LogP contribution in [0.25, 0.3) is 0 Å². The maximum absolute atomic E-state index is 13.0. The monoisotopic (exact) mass is 486 g/mol. The highest BCUT2D eigenvalue weighted by molar-refractivity contribution is 7.98. The molecule has 184 valence electrons. The second-order valence-corrected chi connectivity index (χ2v) is 9.73. The highest BCUT2D eigenvalue weighted by Gasteiger charge is 2.29. The van der Waals surface area contributed by atoms with Crippen LogP contribution in [0.5, 0.6) is 5.75 Å². The molecule has 0 aliphatic rings.